The Morgan fingerprint density at radius 2 is 2.33 bits per heavy atom. The molecule has 1 aliphatic rings. The van der Waals surface area contributed by atoms with Crippen molar-refractivity contribution in [1.82, 2.24) is 14.9 Å². The Labute approximate surface area is 106 Å². The van der Waals surface area contributed by atoms with Gasteiger partial charge in [0.05, 0.1) is 0 Å². The number of hydrogen-bond acceptors (Lipinski definition) is 5. The highest BCUT2D eigenvalue weighted by atomic mass is 16.4. The number of nitrogens with one attached hydrogen (secondary N) is 1. The van der Waals surface area contributed by atoms with Crippen molar-refractivity contribution in [2.24, 2.45) is 0 Å². The van der Waals surface area contributed by atoms with Gasteiger partial charge in [-0.05, 0) is 39.4 Å². The number of carboxylic acids is 1. The summed E-state index contributed by atoms with van der Waals surface area (Å²) in [6, 6.07) is 1.76. The molecule has 1 atom stereocenters. The van der Waals surface area contributed by atoms with Gasteiger partial charge >= 0.3 is 5.97 Å². The summed E-state index contributed by atoms with van der Waals surface area (Å²) >= 11 is 0. The summed E-state index contributed by atoms with van der Waals surface area (Å²) in [6.45, 7) is 3.80. The highest BCUT2D eigenvalue weighted by Crippen LogP contribution is 2.13. The summed E-state index contributed by atoms with van der Waals surface area (Å²) in [6.07, 6.45) is 2.19. The number of nitrogens with zero attached hydrogens (tertiary/aromatic N) is 3. The van der Waals surface area contributed by atoms with Gasteiger partial charge < -0.3 is 15.3 Å². The van der Waals surface area contributed by atoms with E-state index in [4.69, 9.17) is 5.11 Å². The Hall–Kier alpha value is -1.69. The molecule has 0 spiro atoms. The molecule has 0 radical (unpaired) electrons. The van der Waals surface area contributed by atoms with E-state index in [1.54, 1.807) is 6.92 Å². The van der Waals surface area contributed by atoms with Crippen LogP contribution in [0.4, 0.5) is 5.95 Å². The molecule has 1 aliphatic heterocycles. The Kier molecular flexibility index (Phi) is 3.76. The van der Waals surface area contributed by atoms with Crippen LogP contribution in [0.15, 0.2) is 6.07 Å². The molecule has 0 bridgehead atoms. The maximum Gasteiger partial charge on any atom is 0.354 e. The largest absolute Gasteiger partial charge is 0.477 e. The normalized spacial score (nSPS) is 20.7. The van der Waals surface area contributed by atoms with Crippen molar-refractivity contribution in [3.8, 4) is 0 Å². The molecule has 2 N–H and O–H groups in total. The Bertz CT molecular complexity index is 450. The second-order valence-electron chi connectivity index (χ2n) is 4.77. The molecule has 0 aromatic carbocycles. The van der Waals surface area contributed by atoms with Crippen molar-refractivity contribution < 1.29 is 9.90 Å². The number of hydrogen-bond donors (Lipinski definition) is 2. The summed E-state index contributed by atoms with van der Waals surface area (Å²) in [5, 5.41) is 12.2. The van der Waals surface area contributed by atoms with Gasteiger partial charge in [-0.2, -0.15) is 0 Å². The number of piperidine rings is 1. The van der Waals surface area contributed by atoms with E-state index in [0.29, 0.717) is 11.6 Å². The van der Waals surface area contributed by atoms with Gasteiger partial charge in [0.1, 0.15) is 0 Å². The van der Waals surface area contributed by atoms with E-state index in [2.05, 4.69) is 27.2 Å². The molecule has 2 heterocycles. The van der Waals surface area contributed by atoms with Gasteiger partial charge in [-0.25, -0.2) is 14.8 Å². The Morgan fingerprint density at radius 1 is 1.56 bits per heavy atom. The number of aromatic carboxylic acids is 1. The molecule has 0 aliphatic carbocycles. The topological polar surface area (TPSA) is 78.3 Å². The fraction of sp³-hybridized carbons (Fsp3) is 0.583. The number of rotatable bonds is 3. The van der Waals surface area contributed by atoms with Gasteiger partial charge in [0.2, 0.25) is 5.95 Å². The molecule has 18 heavy (non-hydrogen) atoms. The van der Waals surface area contributed by atoms with Crippen LogP contribution in [-0.4, -0.2) is 52.1 Å². The van der Waals surface area contributed by atoms with Crippen molar-refractivity contribution in [3.05, 3.63) is 17.5 Å². The number of aryl methyl sites for hydroxylation is 1. The van der Waals surface area contributed by atoms with Crippen LogP contribution in [0.1, 0.15) is 29.0 Å². The number of carboxylic acid groups (broad SMARTS) is 1. The van der Waals surface area contributed by atoms with Crippen molar-refractivity contribution >= 4 is 11.9 Å². The summed E-state index contributed by atoms with van der Waals surface area (Å²) in [5.74, 6) is -0.614. The van der Waals surface area contributed by atoms with Gasteiger partial charge in [-0.15, -0.1) is 0 Å². The molecule has 6 nitrogen and oxygen atoms in total. The molecular weight excluding hydrogens is 232 g/mol. The van der Waals surface area contributed by atoms with E-state index >= 15 is 0 Å². The fourth-order valence-corrected chi connectivity index (χ4v) is 2.21. The first kappa shape index (κ1) is 12.8. The molecular formula is C12H18N4O2. The maximum absolute atomic E-state index is 10.9. The van der Waals surface area contributed by atoms with E-state index in [1.165, 1.54) is 6.07 Å². The van der Waals surface area contributed by atoms with E-state index in [9.17, 15) is 4.79 Å². The second-order valence-corrected chi connectivity index (χ2v) is 4.77. The zero-order chi connectivity index (χ0) is 13.1. The third-order valence-corrected chi connectivity index (χ3v) is 3.03. The lowest BCUT2D eigenvalue weighted by atomic mass is 10.1. The quantitative estimate of drug-likeness (QED) is 0.833. The first-order chi connectivity index (χ1) is 8.54. The highest BCUT2D eigenvalue weighted by Gasteiger charge is 2.18. The third kappa shape index (κ3) is 3.16. The molecule has 1 aromatic rings. The SMILES string of the molecule is Cc1cc(C(=O)O)nc(NC2CCCN(C)C2)n1. The zero-order valence-corrected chi connectivity index (χ0v) is 10.7. The molecule has 1 unspecified atom stereocenters. The average Bonchev–Trinajstić information content (AvgIpc) is 2.28. The van der Waals surface area contributed by atoms with Crippen LogP contribution >= 0.6 is 0 Å². The van der Waals surface area contributed by atoms with E-state index in [1.807, 2.05) is 0 Å². The van der Waals surface area contributed by atoms with Gasteiger partial charge in [-0.1, -0.05) is 0 Å². The van der Waals surface area contributed by atoms with Gasteiger partial charge in [0.25, 0.3) is 0 Å². The van der Waals surface area contributed by atoms with E-state index in [-0.39, 0.29) is 11.7 Å². The number of anilines is 1. The molecule has 0 amide bonds. The minimum atomic E-state index is -1.02. The van der Waals surface area contributed by atoms with Gasteiger partial charge in [-0.3, -0.25) is 0 Å². The lowest BCUT2D eigenvalue weighted by Crippen LogP contribution is -2.40. The second kappa shape index (κ2) is 5.30. The summed E-state index contributed by atoms with van der Waals surface area (Å²) in [5.41, 5.74) is 0.697. The van der Waals surface area contributed by atoms with Crippen LogP contribution in [0, 0.1) is 6.92 Å². The molecule has 6 heteroatoms. The highest BCUT2D eigenvalue weighted by molar-refractivity contribution is 5.85. The maximum atomic E-state index is 10.9. The van der Waals surface area contributed by atoms with Crippen molar-refractivity contribution in [1.29, 1.82) is 0 Å². The predicted molar refractivity (Wildman–Crippen MR) is 67.9 cm³/mol. The monoisotopic (exact) mass is 250 g/mol. The van der Waals surface area contributed by atoms with Crippen LogP contribution in [0.2, 0.25) is 0 Å². The number of likely N-dealkylation sites (tertiary alicyclic amines) is 1. The van der Waals surface area contributed by atoms with Crippen molar-refractivity contribution in [3.63, 3.8) is 0 Å². The zero-order valence-electron chi connectivity index (χ0n) is 10.7. The van der Waals surface area contributed by atoms with Crippen LogP contribution < -0.4 is 5.32 Å². The number of aromatic nitrogens is 2. The lowest BCUT2D eigenvalue weighted by Gasteiger charge is -2.30. The summed E-state index contributed by atoms with van der Waals surface area (Å²) in [7, 11) is 2.08. The molecule has 2 rings (SSSR count). The number of likely N-dealkylation sites (N-methyl/N-ethyl adjacent to an activating group) is 1. The number of carbonyl (C=O) groups is 1. The van der Waals surface area contributed by atoms with Crippen LogP contribution in [0.5, 0.6) is 0 Å². The first-order valence-corrected chi connectivity index (χ1v) is 6.08. The summed E-state index contributed by atoms with van der Waals surface area (Å²) < 4.78 is 0. The van der Waals surface area contributed by atoms with Crippen molar-refractivity contribution in [2.75, 3.05) is 25.5 Å². The average molecular weight is 250 g/mol. The first-order valence-electron chi connectivity index (χ1n) is 6.08. The summed E-state index contributed by atoms with van der Waals surface area (Å²) in [4.78, 5) is 21.4. The van der Waals surface area contributed by atoms with Gasteiger partial charge in [0.15, 0.2) is 5.69 Å². The molecule has 0 saturated carbocycles. The van der Waals surface area contributed by atoms with Gasteiger partial charge in [0, 0.05) is 18.3 Å². The molecule has 1 aromatic heterocycles. The minimum absolute atomic E-state index is 0.0363. The third-order valence-electron chi connectivity index (χ3n) is 3.03. The van der Waals surface area contributed by atoms with Crippen LogP contribution in [-0.2, 0) is 0 Å². The molecule has 1 fully saturated rings. The Morgan fingerprint density at radius 3 is 3.00 bits per heavy atom. The predicted octanol–water partition coefficient (Wildman–Crippen LogP) is 0.989. The fourth-order valence-electron chi connectivity index (χ4n) is 2.21. The van der Waals surface area contributed by atoms with E-state index < -0.39 is 5.97 Å². The van der Waals surface area contributed by atoms with Crippen LogP contribution in [0.3, 0.4) is 0 Å². The van der Waals surface area contributed by atoms with E-state index in [0.717, 1.165) is 25.9 Å². The molecule has 1 saturated heterocycles. The lowest BCUT2D eigenvalue weighted by molar-refractivity contribution is 0.0690. The smallest absolute Gasteiger partial charge is 0.354 e. The standard InChI is InChI=1S/C12H18N4O2/c1-8-6-10(11(17)18)15-12(13-8)14-9-4-3-5-16(2)7-9/h6,9H,3-5,7H2,1-2H3,(H,17,18)(H,13,14,15). The Balaban J connectivity index is 2.10. The minimum Gasteiger partial charge on any atom is -0.477 e. The van der Waals surface area contributed by atoms with Crippen LogP contribution in [0.25, 0.3) is 0 Å². The van der Waals surface area contributed by atoms with Crippen molar-refractivity contribution in [2.45, 2.75) is 25.8 Å². The molecule has 98 valence electrons.